The maximum Gasteiger partial charge on any atom is 0.250 e. The lowest BCUT2D eigenvalue weighted by Crippen LogP contribution is -2.51. The normalized spacial score (nSPS) is 19.5. The van der Waals surface area contributed by atoms with Gasteiger partial charge in [-0.3, -0.25) is 14.4 Å². The van der Waals surface area contributed by atoms with Crippen molar-refractivity contribution >= 4 is 29.1 Å². The summed E-state index contributed by atoms with van der Waals surface area (Å²) in [4.78, 5) is 35.9. The number of carbonyl (C=O) groups excluding carboxylic acids is 3. The van der Waals surface area contributed by atoms with Gasteiger partial charge in [0.1, 0.15) is 0 Å². The lowest BCUT2D eigenvalue weighted by atomic mass is 10.0. The van der Waals surface area contributed by atoms with Crippen LogP contribution in [0.5, 0.6) is 0 Å². The molecule has 0 unspecified atom stereocenters. The summed E-state index contributed by atoms with van der Waals surface area (Å²) in [5.41, 5.74) is 6.63. The summed E-state index contributed by atoms with van der Waals surface area (Å²) >= 11 is 0. The standard InChI is InChI=1S/C13H15N3O3/c1-8(17)15-9-3-2-4-10(7-9)16-12(18)6-5-11(14)13(16)19/h2-4,7,11H,5-6,14H2,1H3,(H,15,17)/t11-/m0/s1. The predicted octanol–water partition coefficient (Wildman–Crippen LogP) is 0.626. The first-order valence-electron chi connectivity index (χ1n) is 5.99. The topological polar surface area (TPSA) is 92.5 Å². The second-order valence-corrected chi connectivity index (χ2v) is 4.44. The van der Waals surface area contributed by atoms with Crippen molar-refractivity contribution in [2.75, 3.05) is 10.2 Å². The summed E-state index contributed by atoms with van der Waals surface area (Å²) in [6.07, 6.45) is 0.622. The van der Waals surface area contributed by atoms with Gasteiger partial charge >= 0.3 is 0 Å². The van der Waals surface area contributed by atoms with E-state index in [9.17, 15) is 14.4 Å². The molecule has 2 rings (SSSR count). The van der Waals surface area contributed by atoms with Gasteiger partial charge in [-0.1, -0.05) is 6.07 Å². The molecule has 1 aliphatic rings. The van der Waals surface area contributed by atoms with Crippen molar-refractivity contribution in [3.05, 3.63) is 24.3 Å². The molecule has 1 atom stereocenters. The van der Waals surface area contributed by atoms with E-state index in [1.54, 1.807) is 24.3 Å². The minimum absolute atomic E-state index is 0.217. The Morgan fingerprint density at radius 2 is 2.16 bits per heavy atom. The molecule has 1 fully saturated rings. The van der Waals surface area contributed by atoms with Crippen LogP contribution in [-0.4, -0.2) is 23.8 Å². The van der Waals surface area contributed by atoms with Gasteiger partial charge in [0.2, 0.25) is 11.8 Å². The van der Waals surface area contributed by atoms with E-state index in [0.717, 1.165) is 4.90 Å². The quantitative estimate of drug-likeness (QED) is 0.763. The Labute approximate surface area is 110 Å². The van der Waals surface area contributed by atoms with Gasteiger partial charge in [-0.05, 0) is 24.6 Å². The lowest BCUT2D eigenvalue weighted by molar-refractivity contribution is -0.130. The van der Waals surface area contributed by atoms with Crippen molar-refractivity contribution in [3.63, 3.8) is 0 Å². The molecule has 1 aliphatic heterocycles. The molecule has 0 bridgehead atoms. The molecule has 0 spiro atoms. The van der Waals surface area contributed by atoms with Crippen LogP contribution in [-0.2, 0) is 14.4 Å². The van der Waals surface area contributed by atoms with Crippen LogP contribution >= 0.6 is 0 Å². The molecule has 3 N–H and O–H groups in total. The molecule has 19 heavy (non-hydrogen) atoms. The predicted molar refractivity (Wildman–Crippen MR) is 70.4 cm³/mol. The Morgan fingerprint density at radius 1 is 1.42 bits per heavy atom. The Bertz CT molecular complexity index is 542. The number of rotatable bonds is 2. The molecule has 1 aromatic carbocycles. The van der Waals surface area contributed by atoms with E-state index < -0.39 is 11.9 Å². The number of piperidine rings is 1. The van der Waals surface area contributed by atoms with Gasteiger partial charge in [0.25, 0.3) is 5.91 Å². The number of nitrogens with two attached hydrogens (primary N) is 1. The number of hydrogen-bond donors (Lipinski definition) is 2. The van der Waals surface area contributed by atoms with Crippen LogP contribution in [0.1, 0.15) is 19.8 Å². The number of benzene rings is 1. The third-order valence-electron chi connectivity index (χ3n) is 2.88. The maximum atomic E-state index is 12.0. The zero-order valence-corrected chi connectivity index (χ0v) is 10.6. The van der Waals surface area contributed by atoms with E-state index in [2.05, 4.69) is 5.32 Å². The second-order valence-electron chi connectivity index (χ2n) is 4.44. The van der Waals surface area contributed by atoms with E-state index in [-0.39, 0.29) is 18.2 Å². The van der Waals surface area contributed by atoms with Crippen LogP contribution in [0.15, 0.2) is 24.3 Å². The van der Waals surface area contributed by atoms with E-state index in [1.807, 2.05) is 0 Å². The average Bonchev–Trinajstić information content (AvgIpc) is 2.34. The maximum absolute atomic E-state index is 12.0. The van der Waals surface area contributed by atoms with Crippen molar-refractivity contribution in [2.45, 2.75) is 25.8 Å². The molecule has 3 amide bonds. The largest absolute Gasteiger partial charge is 0.326 e. The number of nitrogens with zero attached hydrogens (tertiary/aromatic N) is 1. The highest BCUT2D eigenvalue weighted by Crippen LogP contribution is 2.24. The zero-order valence-electron chi connectivity index (χ0n) is 10.6. The number of carbonyl (C=O) groups is 3. The van der Waals surface area contributed by atoms with Crippen molar-refractivity contribution in [3.8, 4) is 0 Å². The van der Waals surface area contributed by atoms with E-state index >= 15 is 0 Å². The third-order valence-corrected chi connectivity index (χ3v) is 2.88. The van der Waals surface area contributed by atoms with Crippen LogP contribution in [0.3, 0.4) is 0 Å². The molecule has 6 heteroatoms. The summed E-state index contributed by atoms with van der Waals surface area (Å²) in [6.45, 7) is 1.39. The van der Waals surface area contributed by atoms with E-state index in [4.69, 9.17) is 5.73 Å². The van der Waals surface area contributed by atoms with Crippen molar-refractivity contribution in [2.24, 2.45) is 5.73 Å². The van der Waals surface area contributed by atoms with Gasteiger partial charge in [-0.15, -0.1) is 0 Å². The summed E-state index contributed by atoms with van der Waals surface area (Å²) in [5.74, 6) is -0.895. The fourth-order valence-electron chi connectivity index (χ4n) is 2.00. The molecular weight excluding hydrogens is 246 g/mol. The lowest BCUT2D eigenvalue weighted by Gasteiger charge is -2.28. The van der Waals surface area contributed by atoms with Crippen LogP contribution in [0.25, 0.3) is 0 Å². The fraction of sp³-hybridized carbons (Fsp3) is 0.308. The smallest absolute Gasteiger partial charge is 0.250 e. The molecule has 0 aromatic heterocycles. The molecule has 100 valence electrons. The minimum atomic E-state index is -0.651. The summed E-state index contributed by atoms with van der Waals surface area (Å²) in [6, 6.07) is 5.92. The Morgan fingerprint density at radius 3 is 2.84 bits per heavy atom. The van der Waals surface area contributed by atoms with Crippen molar-refractivity contribution in [1.29, 1.82) is 0 Å². The van der Waals surface area contributed by atoms with Crippen LogP contribution < -0.4 is 16.0 Å². The summed E-state index contributed by atoms with van der Waals surface area (Å²) in [7, 11) is 0. The fourth-order valence-corrected chi connectivity index (χ4v) is 2.00. The minimum Gasteiger partial charge on any atom is -0.326 e. The highest BCUT2D eigenvalue weighted by molar-refractivity contribution is 6.18. The Hall–Kier alpha value is -2.21. The number of amides is 3. The summed E-state index contributed by atoms with van der Waals surface area (Å²) < 4.78 is 0. The number of imide groups is 1. The number of anilines is 2. The highest BCUT2D eigenvalue weighted by atomic mass is 16.2. The second kappa shape index (κ2) is 5.19. The van der Waals surface area contributed by atoms with Crippen molar-refractivity contribution < 1.29 is 14.4 Å². The molecule has 1 aromatic rings. The first kappa shape index (κ1) is 13.2. The molecule has 1 heterocycles. The van der Waals surface area contributed by atoms with Gasteiger partial charge in [-0.2, -0.15) is 0 Å². The van der Waals surface area contributed by atoms with E-state index in [1.165, 1.54) is 6.92 Å². The van der Waals surface area contributed by atoms with Crippen LogP contribution in [0.4, 0.5) is 11.4 Å². The zero-order chi connectivity index (χ0) is 14.0. The first-order chi connectivity index (χ1) is 8.99. The number of nitrogens with one attached hydrogen (secondary N) is 1. The Balaban J connectivity index is 2.31. The first-order valence-corrected chi connectivity index (χ1v) is 5.99. The molecule has 1 saturated heterocycles. The molecule has 0 radical (unpaired) electrons. The summed E-state index contributed by atoms with van der Waals surface area (Å²) in [5, 5.41) is 2.61. The van der Waals surface area contributed by atoms with E-state index in [0.29, 0.717) is 17.8 Å². The highest BCUT2D eigenvalue weighted by Gasteiger charge is 2.33. The molecular formula is C13H15N3O3. The number of hydrogen-bond acceptors (Lipinski definition) is 4. The third kappa shape index (κ3) is 2.79. The van der Waals surface area contributed by atoms with Crippen LogP contribution in [0.2, 0.25) is 0 Å². The van der Waals surface area contributed by atoms with Gasteiger partial charge < -0.3 is 11.1 Å². The SMILES string of the molecule is CC(=O)Nc1cccc(N2C(=O)CC[C@H](N)C2=O)c1. The van der Waals surface area contributed by atoms with Gasteiger partial charge in [0.05, 0.1) is 11.7 Å². The van der Waals surface area contributed by atoms with Gasteiger partial charge in [0.15, 0.2) is 0 Å². The van der Waals surface area contributed by atoms with Gasteiger partial charge in [0, 0.05) is 19.0 Å². The molecule has 0 saturated carbocycles. The van der Waals surface area contributed by atoms with Gasteiger partial charge in [-0.25, -0.2) is 4.90 Å². The monoisotopic (exact) mass is 261 g/mol. The van der Waals surface area contributed by atoms with Crippen molar-refractivity contribution in [1.82, 2.24) is 0 Å². The Kier molecular flexibility index (Phi) is 3.62. The average molecular weight is 261 g/mol. The molecule has 0 aliphatic carbocycles. The van der Waals surface area contributed by atoms with Crippen LogP contribution in [0, 0.1) is 0 Å². The molecule has 6 nitrogen and oxygen atoms in total.